The number of aryl methyl sites for hydroxylation is 1. The Kier molecular flexibility index (Phi) is 5.66. The van der Waals surface area contributed by atoms with Crippen molar-refractivity contribution in [2.75, 3.05) is 18.1 Å². The first kappa shape index (κ1) is 20.7. The van der Waals surface area contributed by atoms with Crippen LogP contribution in [-0.2, 0) is 22.4 Å². The molecular weight excluding hydrogens is 422 g/mol. The Morgan fingerprint density at radius 2 is 2.12 bits per heavy atom. The molecule has 32 heavy (non-hydrogen) atoms. The predicted octanol–water partition coefficient (Wildman–Crippen LogP) is 4.54. The standard InChI is InChI=1S/C25H25N3O3S/c1-17-11-23-21(26-14-17)7-9-27(23)22(19-8-10-32-16-19)13-24(29)28-20(15-31-25(28)30)12-18-5-3-2-4-6-18/h2-6,8,10-11,14,16,20,22H,7,9,12-13,15H2,1H3/t20-,22-/m0/s1. The van der Waals surface area contributed by atoms with Gasteiger partial charge in [0.1, 0.15) is 6.61 Å². The highest BCUT2D eigenvalue weighted by Crippen LogP contribution is 2.38. The zero-order chi connectivity index (χ0) is 22.1. The van der Waals surface area contributed by atoms with E-state index in [0.29, 0.717) is 6.42 Å². The van der Waals surface area contributed by atoms with Crippen molar-refractivity contribution in [1.29, 1.82) is 0 Å². The van der Waals surface area contributed by atoms with Crippen LogP contribution in [0.2, 0.25) is 0 Å². The van der Waals surface area contributed by atoms with E-state index in [9.17, 15) is 9.59 Å². The molecule has 1 fully saturated rings. The van der Waals surface area contributed by atoms with Crippen molar-refractivity contribution < 1.29 is 14.3 Å². The number of rotatable bonds is 6. The van der Waals surface area contributed by atoms with Gasteiger partial charge in [0.25, 0.3) is 0 Å². The number of aromatic nitrogens is 1. The first-order valence-corrected chi connectivity index (χ1v) is 11.8. The quantitative estimate of drug-likeness (QED) is 0.555. The third-order valence-electron chi connectivity index (χ3n) is 6.20. The van der Waals surface area contributed by atoms with Crippen molar-refractivity contribution in [3.8, 4) is 0 Å². The number of carbonyl (C=O) groups excluding carboxylic acids is 2. The van der Waals surface area contributed by atoms with Gasteiger partial charge in [-0.2, -0.15) is 11.3 Å². The fourth-order valence-electron chi connectivity index (χ4n) is 4.63. The van der Waals surface area contributed by atoms with Gasteiger partial charge in [-0.1, -0.05) is 30.3 Å². The van der Waals surface area contributed by atoms with Gasteiger partial charge in [0.2, 0.25) is 5.91 Å². The summed E-state index contributed by atoms with van der Waals surface area (Å²) in [6.07, 6.45) is 3.01. The second-order valence-corrected chi connectivity index (χ2v) is 9.16. The molecule has 0 N–H and O–H groups in total. The Balaban J connectivity index is 1.40. The summed E-state index contributed by atoms with van der Waals surface area (Å²) in [6.45, 7) is 3.07. The molecule has 6 nitrogen and oxygen atoms in total. The second kappa shape index (κ2) is 8.74. The number of hydrogen-bond acceptors (Lipinski definition) is 6. The molecule has 2 amide bonds. The van der Waals surface area contributed by atoms with Crippen LogP contribution in [0, 0.1) is 6.92 Å². The molecule has 3 aromatic rings. The first-order valence-electron chi connectivity index (χ1n) is 10.9. The number of nitrogens with zero attached hydrogens (tertiary/aromatic N) is 3. The lowest BCUT2D eigenvalue weighted by atomic mass is 10.0. The summed E-state index contributed by atoms with van der Waals surface area (Å²) >= 11 is 1.61. The molecule has 1 aromatic carbocycles. The fraction of sp³-hybridized carbons (Fsp3) is 0.320. The number of hydrogen-bond donors (Lipinski definition) is 0. The summed E-state index contributed by atoms with van der Waals surface area (Å²) in [6, 6.07) is 13.7. The SMILES string of the molecule is Cc1cnc2c(c1)N([C@@H](CC(=O)N1C(=O)OC[C@@H]1Cc1ccccc1)c1ccsc1)CC2. The number of thiophene rings is 1. The molecule has 4 heterocycles. The average Bonchev–Trinajstić information content (AvgIpc) is 3.53. The highest BCUT2D eigenvalue weighted by atomic mass is 32.1. The van der Waals surface area contributed by atoms with Crippen LogP contribution in [0.3, 0.4) is 0 Å². The Morgan fingerprint density at radius 1 is 1.28 bits per heavy atom. The minimum atomic E-state index is -0.542. The summed E-state index contributed by atoms with van der Waals surface area (Å²) < 4.78 is 5.29. The van der Waals surface area contributed by atoms with E-state index >= 15 is 0 Å². The Labute approximate surface area is 191 Å². The zero-order valence-corrected chi connectivity index (χ0v) is 18.8. The molecule has 5 rings (SSSR count). The Hall–Kier alpha value is -3.19. The van der Waals surface area contributed by atoms with Gasteiger partial charge in [-0.15, -0.1) is 0 Å². The second-order valence-electron chi connectivity index (χ2n) is 8.38. The van der Waals surface area contributed by atoms with Crippen LogP contribution in [0.5, 0.6) is 0 Å². The highest BCUT2D eigenvalue weighted by Gasteiger charge is 2.40. The van der Waals surface area contributed by atoms with Crippen LogP contribution >= 0.6 is 11.3 Å². The number of carbonyl (C=O) groups is 2. The molecule has 2 aliphatic heterocycles. The van der Waals surface area contributed by atoms with Crippen LogP contribution in [0.1, 0.15) is 34.8 Å². The molecule has 0 bridgehead atoms. The average molecular weight is 448 g/mol. The van der Waals surface area contributed by atoms with Gasteiger partial charge >= 0.3 is 6.09 Å². The Morgan fingerprint density at radius 3 is 2.91 bits per heavy atom. The minimum absolute atomic E-state index is 0.149. The summed E-state index contributed by atoms with van der Waals surface area (Å²) in [4.78, 5) is 34.2. The van der Waals surface area contributed by atoms with Gasteiger partial charge in [-0.3, -0.25) is 9.78 Å². The van der Waals surface area contributed by atoms with Crippen LogP contribution < -0.4 is 4.90 Å². The number of benzene rings is 1. The molecule has 0 radical (unpaired) electrons. The molecule has 2 aliphatic rings. The van der Waals surface area contributed by atoms with Gasteiger partial charge in [0.15, 0.2) is 0 Å². The summed E-state index contributed by atoms with van der Waals surface area (Å²) in [5.74, 6) is -0.196. The van der Waals surface area contributed by atoms with Crippen LogP contribution in [0.4, 0.5) is 10.5 Å². The van der Waals surface area contributed by atoms with Crippen molar-refractivity contribution in [3.05, 3.63) is 81.8 Å². The number of fused-ring (bicyclic) bond motifs is 1. The van der Waals surface area contributed by atoms with Gasteiger partial charge < -0.3 is 9.64 Å². The van der Waals surface area contributed by atoms with Crippen molar-refractivity contribution in [3.63, 3.8) is 0 Å². The number of ether oxygens (including phenoxy) is 1. The molecular formula is C25H25N3O3S. The lowest BCUT2D eigenvalue weighted by Gasteiger charge is -2.31. The molecule has 0 saturated carbocycles. The molecule has 0 spiro atoms. The van der Waals surface area contributed by atoms with Gasteiger partial charge in [-0.25, -0.2) is 9.69 Å². The van der Waals surface area contributed by atoms with E-state index in [1.807, 2.05) is 48.8 Å². The first-order chi connectivity index (χ1) is 15.6. The normalized spacial score (nSPS) is 18.5. The largest absolute Gasteiger partial charge is 0.447 e. The molecule has 0 aliphatic carbocycles. The highest BCUT2D eigenvalue weighted by molar-refractivity contribution is 7.08. The maximum absolute atomic E-state index is 13.5. The van der Waals surface area contributed by atoms with E-state index in [0.717, 1.165) is 41.0 Å². The fourth-order valence-corrected chi connectivity index (χ4v) is 5.34. The number of imide groups is 1. The smallest absolute Gasteiger partial charge is 0.416 e. The molecule has 0 unspecified atom stereocenters. The lowest BCUT2D eigenvalue weighted by Crippen LogP contribution is -2.42. The number of anilines is 1. The van der Waals surface area contributed by atoms with E-state index in [4.69, 9.17) is 4.74 Å². The van der Waals surface area contributed by atoms with Crippen LogP contribution in [0.15, 0.2) is 59.4 Å². The van der Waals surface area contributed by atoms with Crippen molar-refractivity contribution in [2.24, 2.45) is 0 Å². The van der Waals surface area contributed by atoms with E-state index in [-0.39, 0.29) is 31.0 Å². The summed E-state index contributed by atoms with van der Waals surface area (Å²) in [5, 5.41) is 4.11. The van der Waals surface area contributed by atoms with Crippen molar-refractivity contribution in [2.45, 2.75) is 38.3 Å². The van der Waals surface area contributed by atoms with E-state index in [1.165, 1.54) is 4.90 Å². The Bertz CT molecular complexity index is 1120. The van der Waals surface area contributed by atoms with E-state index in [2.05, 4.69) is 27.4 Å². The van der Waals surface area contributed by atoms with Crippen molar-refractivity contribution in [1.82, 2.24) is 9.88 Å². The summed E-state index contributed by atoms with van der Waals surface area (Å²) in [5.41, 5.74) is 5.41. The monoisotopic (exact) mass is 447 g/mol. The maximum Gasteiger partial charge on any atom is 0.416 e. The van der Waals surface area contributed by atoms with Crippen LogP contribution in [0.25, 0.3) is 0 Å². The molecule has 1 saturated heterocycles. The number of cyclic esters (lactones) is 1. The van der Waals surface area contributed by atoms with E-state index in [1.54, 1.807) is 11.3 Å². The van der Waals surface area contributed by atoms with Gasteiger partial charge in [0.05, 0.1) is 29.9 Å². The third kappa shape index (κ3) is 4.00. The van der Waals surface area contributed by atoms with Gasteiger partial charge in [-0.05, 0) is 52.9 Å². The minimum Gasteiger partial charge on any atom is -0.447 e. The molecule has 2 atom stereocenters. The molecule has 7 heteroatoms. The number of pyridine rings is 1. The van der Waals surface area contributed by atoms with E-state index < -0.39 is 6.09 Å². The van der Waals surface area contributed by atoms with Crippen LogP contribution in [-0.4, -0.2) is 41.1 Å². The summed E-state index contributed by atoms with van der Waals surface area (Å²) in [7, 11) is 0. The maximum atomic E-state index is 13.5. The molecule has 2 aromatic heterocycles. The predicted molar refractivity (Wildman–Crippen MR) is 124 cm³/mol. The van der Waals surface area contributed by atoms with Gasteiger partial charge in [0, 0.05) is 19.2 Å². The zero-order valence-electron chi connectivity index (χ0n) is 17.9. The third-order valence-corrected chi connectivity index (χ3v) is 6.90. The number of amides is 2. The topological polar surface area (TPSA) is 62.7 Å². The molecule has 164 valence electrons. The lowest BCUT2D eigenvalue weighted by molar-refractivity contribution is -0.129. The van der Waals surface area contributed by atoms with Crippen molar-refractivity contribution >= 4 is 29.0 Å².